The van der Waals surface area contributed by atoms with E-state index in [9.17, 15) is 9.59 Å². The second kappa shape index (κ2) is 8.46. The fourth-order valence-electron chi connectivity index (χ4n) is 3.50. The number of nitrogens with zero attached hydrogens (tertiary/aromatic N) is 3. The summed E-state index contributed by atoms with van der Waals surface area (Å²) in [6, 6.07) is 15.1. The fraction of sp³-hybridized carbons (Fsp3) is 0.391. The average molecular weight is 414 g/mol. The highest BCUT2D eigenvalue weighted by Gasteiger charge is 2.27. The van der Waals surface area contributed by atoms with Crippen LogP contribution < -0.4 is 9.80 Å². The Morgan fingerprint density at radius 3 is 2.14 bits per heavy atom. The SMILES string of the molecule is CN(C(=O)C(C)(C)C)c1ccc(N2CCN(C(=O)c3ccccc3)CC2)c(Cl)c1. The van der Waals surface area contributed by atoms with Crippen molar-refractivity contribution in [2.24, 2.45) is 5.41 Å². The van der Waals surface area contributed by atoms with Crippen LogP contribution in [0.3, 0.4) is 0 Å². The van der Waals surface area contributed by atoms with Crippen LogP contribution in [0.2, 0.25) is 5.02 Å². The summed E-state index contributed by atoms with van der Waals surface area (Å²) in [7, 11) is 1.77. The van der Waals surface area contributed by atoms with Gasteiger partial charge in [0.05, 0.1) is 10.7 Å². The van der Waals surface area contributed by atoms with Crippen LogP contribution in [0, 0.1) is 5.41 Å². The lowest BCUT2D eigenvalue weighted by atomic mass is 9.94. The van der Waals surface area contributed by atoms with Crippen molar-refractivity contribution in [3.05, 3.63) is 59.1 Å². The van der Waals surface area contributed by atoms with Crippen LogP contribution in [-0.4, -0.2) is 49.9 Å². The molecule has 1 aliphatic heterocycles. The molecule has 2 amide bonds. The number of hydrogen-bond acceptors (Lipinski definition) is 3. The summed E-state index contributed by atoms with van der Waals surface area (Å²) in [5.41, 5.74) is 1.96. The van der Waals surface area contributed by atoms with Gasteiger partial charge in [0.25, 0.3) is 5.91 Å². The third-order valence-electron chi connectivity index (χ3n) is 5.19. The van der Waals surface area contributed by atoms with Crippen molar-refractivity contribution in [2.75, 3.05) is 43.0 Å². The molecule has 0 spiro atoms. The molecule has 3 rings (SSSR count). The molecule has 1 heterocycles. The molecule has 0 bridgehead atoms. The lowest BCUT2D eigenvalue weighted by Gasteiger charge is -2.36. The first-order valence-corrected chi connectivity index (χ1v) is 10.2. The molecule has 0 radical (unpaired) electrons. The van der Waals surface area contributed by atoms with Gasteiger partial charge in [-0.15, -0.1) is 0 Å². The van der Waals surface area contributed by atoms with E-state index in [-0.39, 0.29) is 11.8 Å². The molecule has 0 aliphatic carbocycles. The van der Waals surface area contributed by atoms with Gasteiger partial charge in [0, 0.05) is 49.9 Å². The highest BCUT2D eigenvalue weighted by atomic mass is 35.5. The summed E-state index contributed by atoms with van der Waals surface area (Å²) in [4.78, 5) is 30.8. The molecule has 0 atom stereocenters. The highest BCUT2D eigenvalue weighted by molar-refractivity contribution is 6.33. The predicted octanol–water partition coefficient (Wildman–Crippen LogP) is 4.31. The van der Waals surface area contributed by atoms with Gasteiger partial charge in [-0.2, -0.15) is 0 Å². The summed E-state index contributed by atoms with van der Waals surface area (Å²) in [6.45, 7) is 8.43. The van der Waals surface area contributed by atoms with Crippen molar-refractivity contribution in [1.29, 1.82) is 0 Å². The van der Waals surface area contributed by atoms with E-state index in [2.05, 4.69) is 4.90 Å². The first kappa shape index (κ1) is 21.2. The first-order chi connectivity index (χ1) is 13.7. The monoisotopic (exact) mass is 413 g/mol. The van der Waals surface area contributed by atoms with Crippen LogP contribution in [0.5, 0.6) is 0 Å². The predicted molar refractivity (Wildman–Crippen MR) is 119 cm³/mol. The number of anilines is 2. The van der Waals surface area contributed by atoms with E-state index in [0.717, 1.165) is 16.9 Å². The maximum atomic E-state index is 12.6. The third-order valence-corrected chi connectivity index (χ3v) is 5.50. The zero-order valence-corrected chi connectivity index (χ0v) is 18.2. The maximum absolute atomic E-state index is 12.6. The van der Waals surface area contributed by atoms with Crippen molar-refractivity contribution in [2.45, 2.75) is 20.8 Å². The van der Waals surface area contributed by atoms with Gasteiger partial charge in [0.2, 0.25) is 5.91 Å². The molecule has 1 fully saturated rings. The second-order valence-electron chi connectivity index (χ2n) is 8.40. The zero-order valence-electron chi connectivity index (χ0n) is 17.5. The molecular weight excluding hydrogens is 386 g/mol. The van der Waals surface area contributed by atoms with Crippen LogP contribution in [0.15, 0.2) is 48.5 Å². The van der Waals surface area contributed by atoms with Crippen LogP contribution in [0.25, 0.3) is 0 Å². The lowest BCUT2D eigenvalue weighted by Crippen LogP contribution is -2.48. The Hall–Kier alpha value is -2.53. The molecule has 0 unspecified atom stereocenters. The van der Waals surface area contributed by atoms with Crippen LogP contribution in [0.4, 0.5) is 11.4 Å². The number of amides is 2. The Morgan fingerprint density at radius 2 is 1.59 bits per heavy atom. The number of carbonyl (C=O) groups excluding carboxylic acids is 2. The van der Waals surface area contributed by atoms with E-state index < -0.39 is 5.41 Å². The van der Waals surface area contributed by atoms with E-state index in [1.807, 2.05) is 74.2 Å². The van der Waals surface area contributed by atoms with Gasteiger partial charge in [-0.25, -0.2) is 0 Å². The highest BCUT2D eigenvalue weighted by Crippen LogP contribution is 2.32. The summed E-state index contributed by atoms with van der Waals surface area (Å²) in [5.74, 6) is 0.100. The summed E-state index contributed by atoms with van der Waals surface area (Å²) < 4.78 is 0. The minimum Gasteiger partial charge on any atom is -0.367 e. The molecular formula is C23H28ClN3O2. The number of benzene rings is 2. The Balaban J connectivity index is 1.67. The molecule has 0 saturated carbocycles. The van der Waals surface area contributed by atoms with Crippen molar-refractivity contribution >= 4 is 34.8 Å². The number of piperazine rings is 1. The van der Waals surface area contributed by atoms with Gasteiger partial charge < -0.3 is 14.7 Å². The molecule has 1 aliphatic rings. The Bertz CT molecular complexity index is 885. The molecule has 0 aromatic heterocycles. The molecule has 6 heteroatoms. The standard InChI is InChI=1S/C23H28ClN3O2/c1-23(2,3)22(29)25(4)18-10-11-20(19(24)16-18)26-12-14-27(15-13-26)21(28)17-8-6-5-7-9-17/h5-11,16H,12-15H2,1-4H3. The van der Waals surface area contributed by atoms with Gasteiger partial charge in [0.1, 0.15) is 0 Å². The first-order valence-electron chi connectivity index (χ1n) is 9.85. The summed E-state index contributed by atoms with van der Waals surface area (Å²) in [5, 5.41) is 0.610. The van der Waals surface area contributed by atoms with Crippen molar-refractivity contribution in [1.82, 2.24) is 4.90 Å². The molecule has 154 valence electrons. The minimum absolute atomic E-state index is 0.0364. The van der Waals surface area contributed by atoms with Gasteiger partial charge in [-0.05, 0) is 30.3 Å². The quantitative estimate of drug-likeness (QED) is 0.753. The van der Waals surface area contributed by atoms with Crippen molar-refractivity contribution in [3.8, 4) is 0 Å². The molecule has 5 nitrogen and oxygen atoms in total. The van der Waals surface area contributed by atoms with Gasteiger partial charge in [0.15, 0.2) is 0 Å². The molecule has 2 aromatic carbocycles. The Kier molecular flexibility index (Phi) is 6.18. The van der Waals surface area contributed by atoms with Gasteiger partial charge >= 0.3 is 0 Å². The van der Waals surface area contributed by atoms with E-state index >= 15 is 0 Å². The summed E-state index contributed by atoms with van der Waals surface area (Å²) in [6.07, 6.45) is 0. The topological polar surface area (TPSA) is 43.9 Å². The second-order valence-corrected chi connectivity index (χ2v) is 8.80. The van der Waals surface area contributed by atoms with Crippen LogP contribution >= 0.6 is 11.6 Å². The van der Waals surface area contributed by atoms with Crippen molar-refractivity contribution in [3.63, 3.8) is 0 Å². The van der Waals surface area contributed by atoms with E-state index in [4.69, 9.17) is 11.6 Å². The van der Waals surface area contributed by atoms with E-state index in [0.29, 0.717) is 31.2 Å². The summed E-state index contributed by atoms with van der Waals surface area (Å²) >= 11 is 6.56. The largest absolute Gasteiger partial charge is 0.367 e. The Labute approximate surface area is 177 Å². The normalized spacial score (nSPS) is 14.7. The van der Waals surface area contributed by atoms with Gasteiger partial charge in [-0.1, -0.05) is 50.6 Å². The van der Waals surface area contributed by atoms with Crippen LogP contribution in [0.1, 0.15) is 31.1 Å². The smallest absolute Gasteiger partial charge is 0.253 e. The molecule has 2 aromatic rings. The zero-order chi connectivity index (χ0) is 21.2. The third kappa shape index (κ3) is 4.73. The Morgan fingerprint density at radius 1 is 0.966 bits per heavy atom. The molecule has 29 heavy (non-hydrogen) atoms. The van der Waals surface area contributed by atoms with Crippen molar-refractivity contribution < 1.29 is 9.59 Å². The number of hydrogen-bond donors (Lipinski definition) is 0. The van der Waals surface area contributed by atoms with Gasteiger partial charge in [-0.3, -0.25) is 9.59 Å². The number of rotatable bonds is 3. The van der Waals surface area contributed by atoms with E-state index in [1.165, 1.54) is 0 Å². The lowest BCUT2D eigenvalue weighted by molar-refractivity contribution is -0.125. The van der Waals surface area contributed by atoms with Crippen LogP contribution in [-0.2, 0) is 4.79 Å². The average Bonchev–Trinajstić information content (AvgIpc) is 2.72. The molecule has 0 N–H and O–H groups in total. The molecule has 1 saturated heterocycles. The maximum Gasteiger partial charge on any atom is 0.253 e. The fourth-order valence-corrected chi connectivity index (χ4v) is 3.79. The number of carbonyl (C=O) groups is 2. The van der Waals surface area contributed by atoms with E-state index in [1.54, 1.807) is 11.9 Å². The number of halogens is 1. The minimum atomic E-state index is -0.457.